The molecule has 2 aliphatic rings. The lowest BCUT2D eigenvalue weighted by atomic mass is 9.82. The van der Waals surface area contributed by atoms with Crippen molar-refractivity contribution in [3.05, 3.63) is 0 Å². The minimum Gasteiger partial charge on any atom is -0.303 e. The first kappa shape index (κ1) is 9.79. The van der Waals surface area contributed by atoms with Crippen molar-refractivity contribution in [3.63, 3.8) is 0 Å². The standard InChI is InChI=1S/C11H20ClN/c12-6-3-7-13-8-10-4-1-2-5-11(10)9-13/h10-11H,1-9H2/t10-,11+. The molecule has 1 saturated carbocycles. The first-order chi connectivity index (χ1) is 6.40. The number of hydrogen-bond donors (Lipinski definition) is 0. The van der Waals surface area contributed by atoms with E-state index in [9.17, 15) is 0 Å². The van der Waals surface area contributed by atoms with Crippen LogP contribution in [0.15, 0.2) is 0 Å². The molecule has 1 heterocycles. The van der Waals surface area contributed by atoms with Crippen LogP contribution in [0.2, 0.25) is 0 Å². The van der Waals surface area contributed by atoms with E-state index in [1.807, 2.05) is 0 Å². The minimum atomic E-state index is 0.825. The van der Waals surface area contributed by atoms with Crippen LogP contribution in [0.5, 0.6) is 0 Å². The van der Waals surface area contributed by atoms with E-state index < -0.39 is 0 Å². The molecule has 1 saturated heterocycles. The van der Waals surface area contributed by atoms with Gasteiger partial charge in [-0.15, -0.1) is 11.6 Å². The summed E-state index contributed by atoms with van der Waals surface area (Å²) in [5.74, 6) is 2.89. The Labute approximate surface area is 86.4 Å². The monoisotopic (exact) mass is 201 g/mol. The summed E-state index contributed by atoms with van der Waals surface area (Å²) < 4.78 is 0. The van der Waals surface area contributed by atoms with E-state index in [4.69, 9.17) is 11.6 Å². The molecule has 2 rings (SSSR count). The van der Waals surface area contributed by atoms with Crippen molar-refractivity contribution in [2.24, 2.45) is 11.8 Å². The van der Waals surface area contributed by atoms with Crippen LogP contribution in [0, 0.1) is 11.8 Å². The molecule has 2 heteroatoms. The van der Waals surface area contributed by atoms with Gasteiger partial charge in [0.05, 0.1) is 0 Å². The molecule has 0 aromatic heterocycles. The second-order valence-electron chi connectivity index (χ2n) is 4.61. The highest BCUT2D eigenvalue weighted by Gasteiger charge is 2.33. The molecule has 0 radical (unpaired) electrons. The Hall–Kier alpha value is 0.250. The van der Waals surface area contributed by atoms with E-state index in [0.29, 0.717) is 0 Å². The van der Waals surface area contributed by atoms with Crippen LogP contribution < -0.4 is 0 Å². The van der Waals surface area contributed by atoms with Crippen LogP contribution in [0.4, 0.5) is 0 Å². The predicted octanol–water partition coefficient (Wildman–Crippen LogP) is 2.74. The largest absolute Gasteiger partial charge is 0.303 e. The number of rotatable bonds is 3. The van der Waals surface area contributed by atoms with Crippen LogP contribution in [-0.2, 0) is 0 Å². The lowest BCUT2D eigenvalue weighted by molar-refractivity contribution is 0.299. The molecule has 76 valence electrons. The molecule has 1 nitrogen and oxygen atoms in total. The molecule has 0 unspecified atom stereocenters. The number of likely N-dealkylation sites (tertiary alicyclic amines) is 1. The van der Waals surface area contributed by atoms with Crippen LogP contribution in [0.3, 0.4) is 0 Å². The fraction of sp³-hybridized carbons (Fsp3) is 1.00. The topological polar surface area (TPSA) is 3.24 Å². The van der Waals surface area contributed by atoms with Gasteiger partial charge in [0.1, 0.15) is 0 Å². The van der Waals surface area contributed by atoms with Gasteiger partial charge in [0.2, 0.25) is 0 Å². The normalized spacial score (nSPS) is 34.8. The highest BCUT2D eigenvalue weighted by molar-refractivity contribution is 6.17. The van der Waals surface area contributed by atoms with Crippen LogP contribution >= 0.6 is 11.6 Å². The maximum absolute atomic E-state index is 5.71. The minimum absolute atomic E-state index is 0.825. The van der Waals surface area contributed by atoms with Gasteiger partial charge in [-0.05, 0) is 37.6 Å². The highest BCUT2D eigenvalue weighted by Crippen LogP contribution is 2.35. The summed E-state index contributed by atoms with van der Waals surface area (Å²) >= 11 is 5.71. The van der Waals surface area contributed by atoms with Gasteiger partial charge in [0.15, 0.2) is 0 Å². The third-order valence-electron chi connectivity index (χ3n) is 3.66. The van der Waals surface area contributed by atoms with Crippen molar-refractivity contribution in [2.45, 2.75) is 32.1 Å². The SMILES string of the molecule is ClCCCN1C[C@H]2CCCC[C@H]2C1. The van der Waals surface area contributed by atoms with Gasteiger partial charge in [0, 0.05) is 19.0 Å². The maximum Gasteiger partial charge on any atom is 0.0235 e. The summed E-state index contributed by atoms with van der Waals surface area (Å²) in [4.78, 5) is 2.63. The summed E-state index contributed by atoms with van der Waals surface area (Å²) in [6, 6.07) is 0. The highest BCUT2D eigenvalue weighted by atomic mass is 35.5. The smallest absolute Gasteiger partial charge is 0.0235 e. The zero-order valence-electron chi connectivity index (χ0n) is 8.34. The van der Waals surface area contributed by atoms with Crippen molar-refractivity contribution in [1.29, 1.82) is 0 Å². The Morgan fingerprint density at radius 3 is 2.23 bits per heavy atom. The molecule has 0 aromatic rings. The summed E-state index contributed by atoms with van der Waals surface area (Å²) in [6.07, 6.45) is 7.10. The summed E-state index contributed by atoms with van der Waals surface area (Å²) in [5, 5.41) is 0. The molecule has 0 spiro atoms. The number of nitrogens with zero attached hydrogens (tertiary/aromatic N) is 1. The molecule has 0 N–H and O–H groups in total. The molecule has 1 aliphatic heterocycles. The Morgan fingerprint density at radius 2 is 1.69 bits per heavy atom. The summed E-state index contributed by atoms with van der Waals surface area (Å²) in [6.45, 7) is 3.96. The van der Waals surface area contributed by atoms with Crippen molar-refractivity contribution in [2.75, 3.05) is 25.5 Å². The number of fused-ring (bicyclic) bond motifs is 1. The lowest BCUT2D eigenvalue weighted by Gasteiger charge is -2.23. The van der Waals surface area contributed by atoms with E-state index in [0.717, 1.165) is 17.7 Å². The average Bonchev–Trinajstić information content (AvgIpc) is 2.57. The van der Waals surface area contributed by atoms with Gasteiger partial charge in [-0.1, -0.05) is 12.8 Å². The predicted molar refractivity (Wildman–Crippen MR) is 57.2 cm³/mol. The lowest BCUT2D eigenvalue weighted by Crippen LogP contribution is -2.22. The number of halogens is 1. The van der Waals surface area contributed by atoms with E-state index in [2.05, 4.69) is 4.90 Å². The number of hydrogen-bond acceptors (Lipinski definition) is 1. The van der Waals surface area contributed by atoms with E-state index in [1.165, 1.54) is 51.7 Å². The van der Waals surface area contributed by atoms with Crippen LogP contribution in [0.25, 0.3) is 0 Å². The van der Waals surface area contributed by atoms with Gasteiger partial charge in [-0.2, -0.15) is 0 Å². The molecule has 0 aromatic carbocycles. The van der Waals surface area contributed by atoms with E-state index in [1.54, 1.807) is 0 Å². The molecule has 2 fully saturated rings. The molecular weight excluding hydrogens is 182 g/mol. The van der Waals surface area contributed by atoms with Gasteiger partial charge in [-0.25, -0.2) is 0 Å². The first-order valence-corrected chi connectivity index (χ1v) is 6.22. The van der Waals surface area contributed by atoms with Crippen LogP contribution in [-0.4, -0.2) is 30.4 Å². The molecule has 1 aliphatic carbocycles. The van der Waals surface area contributed by atoms with Gasteiger partial charge < -0.3 is 4.90 Å². The Balaban J connectivity index is 1.77. The second kappa shape index (κ2) is 4.65. The van der Waals surface area contributed by atoms with Gasteiger partial charge in [-0.3, -0.25) is 0 Å². The third kappa shape index (κ3) is 2.38. The maximum atomic E-state index is 5.71. The third-order valence-corrected chi connectivity index (χ3v) is 3.93. The van der Waals surface area contributed by atoms with Gasteiger partial charge >= 0.3 is 0 Å². The Morgan fingerprint density at radius 1 is 1.08 bits per heavy atom. The zero-order chi connectivity index (χ0) is 9.10. The van der Waals surface area contributed by atoms with Crippen molar-refractivity contribution in [3.8, 4) is 0 Å². The fourth-order valence-electron chi connectivity index (χ4n) is 2.97. The molecule has 2 atom stereocenters. The first-order valence-electron chi connectivity index (χ1n) is 5.68. The summed E-state index contributed by atoms with van der Waals surface area (Å²) in [7, 11) is 0. The molecule has 13 heavy (non-hydrogen) atoms. The van der Waals surface area contributed by atoms with Crippen molar-refractivity contribution < 1.29 is 0 Å². The molecule has 0 bridgehead atoms. The summed E-state index contributed by atoms with van der Waals surface area (Å²) in [5.41, 5.74) is 0. The Bertz CT molecular complexity index is 146. The van der Waals surface area contributed by atoms with Crippen molar-refractivity contribution >= 4 is 11.6 Å². The number of alkyl halides is 1. The van der Waals surface area contributed by atoms with E-state index >= 15 is 0 Å². The molecule has 0 amide bonds. The van der Waals surface area contributed by atoms with E-state index in [-0.39, 0.29) is 0 Å². The zero-order valence-corrected chi connectivity index (χ0v) is 9.10. The Kier molecular flexibility index (Phi) is 3.51. The molecular formula is C11H20ClN. The van der Waals surface area contributed by atoms with Crippen molar-refractivity contribution in [1.82, 2.24) is 4.90 Å². The van der Waals surface area contributed by atoms with Crippen LogP contribution in [0.1, 0.15) is 32.1 Å². The quantitative estimate of drug-likeness (QED) is 0.635. The second-order valence-corrected chi connectivity index (χ2v) is 4.98. The fourth-order valence-corrected chi connectivity index (χ4v) is 3.09. The average molecular weight is 202 g/mol. The van der Waals surface area contributed by atoms with Gasteiger partial charge in [0.25, 0.3) is 0 Å².